The van der Waals surface area contributed by atoms with Crippen LogP contribution in [0.5, 0.6) is 0 Å². The molecule has 2 nitrogen and oxygen atoms in total. The molecule has 0 spiro atoms. The minimum atomic E-state index is 0.305. The first-order valence-corrected chi connectivity index (χ1v) is 7.81. The number of rotatable bonds is 5. The lowest BCUT2D eigenvalue weighted by Gasteiger charge is -2.19. The summed E-state index contributed by atoms with van der Waals surface area (Å²) in [6.07, 6.45) is 0.939. The van der Waals surface area contributed by atoms with E-state index in [9.17, 15) is 0 Å². The second-order valence-electron chi connectivity index (χ2n) is 5.47. The zero-order valence-electron chi connectivity index (χ0n) is 12.2. The van der Waals surface area contributed by atoms with E-state index in [-0.39, 0.29) is 0 Å². The van der Waals surface area contributed by atoms with Gasteiger partial charge in [-0.3, -0.25) is 0 Å². The van der Waals surface area contributed by atoms with Gasteiger partial charge in [-0.2, -0.15) is 0 Å². The van der Waals surface area contributed by atoms with Crippen molar-refractivity contribution in [1.29, 1.82) is 0 Å². The lowest BCUT2D eigenvalue weighted by atomic mass is 9.96. The number of halogens is 1. The molecule has 0 bridgehead atoms. The molecule has 2 aromatic carbocycles. The quantitative estimate of drug-likeness (QED) is 0.891. The fourth-order valence-corrected chi connectivity index (χ4v) is 3.08. The van der Waals surface area contributed by atoms with Crippen molar-refractivity contribution in [3.8, 4) is 0 Å². The zero-order valence-corrected chi connectivity index (χ0v) is 13.0. The normalized spacial score (nSPS) is 15.0. The van der Waals surface area contributed by atoms with Gasteiger partial charge in [0.05, 0.1) is 13.2 Å². The van der Waals surface area contributed by atoms with Crippen molar-refractivity contribution in [1.82, 2.24) is 5.32 Å². The van der Waals surface area contributed by atoms with Crippen LogP contribution in [0.15, 0.2) is 42.5 Å². The maximum atomic E-state index is 6.09. The van der Waals surface area contributed by atoms with Gasteiger partial charge in [-0.1, -0.05) is 48.9 Å². The van der Waals surface area contributed by atoms with Gasteiger partial charge < -0.3 is 10.1 Å². The molecule has 1 atom stereocenters. The largest absolute Gasteiger partial charge is 0.372 e. The Kier molecular flexibility index (Phi) is 4.59. The van der Waals surface area contributed by atoms with E-state index in [1.807, 2.05) is 18.2 Å². The van der Waals surface area contributed by atoms with Crippen LogP contribution in [0.25, 0.3) is 0 Å². The van der Waals surface area contributed by atoms with E-state index in [1.54, 1.807) is 0 Å². The number of nitrogens with one attached hydrogen (secondary N) is 1. The number of likely N-dealkylation sites (N-methyl/N-ethyl adjacent to an activating group) is 1. The van der Waals surface area contributed by atoms with Crippen LogP contribution in [0.4, 0.5) is 0 Å². The first-order chi connectivity index (χ1) is 10.3. The molecule has 0 amide bonds. The highest BCUT2D eigenvalue weighted by molar-refractivity contribution is 6.30. The minimum Gasteiger partial charge on any atom is -0.372 e. The Hall–Kier alpha value is -1.35. The first kappa shape index (κ1) is 14.6. The van der Waals surface area contributed by atoms with Crippen LogP contribution in [-0.4, -0.2) is 6.54 Å². The predicted molar refractivity (Wildman–Crippen MR) is 86.5 cm³/mol. The summed E-state index contributed by atoms with van der Waals surface area (Å²) >= 11 is 6.09. The molecule has 1 aliphatic rings. The van der Waals surface area contributed by atoms with E-state index in [0.717, 1.165) is 31.2 Å². The Bertz CT molecular complexity index is 626. The van der Waals surface area contributed by atoms with Crippen molar-refractivity contribution >= 4 is 11.6 Å². The number of hydrogen-bond donors (Lipinski definition) is 1. The van der Waals surface area contributed by atoms with E-state index >= 15 is 0 Å². The number of hydrogen-bond acceptors (Lipinski definition) is 2. The van der Waals surface area contributed by atoms with Gasteiger partial charge >= 0.3 is 0 Å². The summed E-state index contributed by atoms with van der Waals surface area (Å²) in [5.74, 6) is 0. The fourth-order valence-electron chi connectivity index (χ4n) is 2.86. The molecular weight excluding hydrogens is 282 g/mol. The van der Waals surface area contributed by atoms with Gasteiger partial charge in [-0.25, -0.2) is 0 Å². The average molecular weight is 302 g/mol. The van der Waals surface area contributed by atoms with Crippen LogP contribution >= 0.6 is 11.6 Å². The van der Waals surface area contributed by atoms with Gasteiger partial charge in [-0.05, 0) is 47.4 Å². The summed E-state index contributed by atoms with van der Waals surface area (Å²) < 4.78 is 5.51. The van der Waals surface area contributed by atoms with E-state index in [4.69, 9.17) is 16.3 Å². The van der Waals surface area contributed by atoms with Crippen LogP contribution in [0.1, 0.15) is 35.2 Å². The van der Waals surface area contributed by atoms with Crippen molar-refractivity contribution in [2.75, 3.05) is 6.54 Å². The molecule has 1 N–H and O–H groups in total. The predicted octanol–water partition coefficient (Wildman–Crippen LogP) is 4.26. The molecule has 1 unspecified atom stereocenters. The molecule has 0 radical (unpaired) electrons. The Labute approximate surface area is 131 Å². The van der Waals surface area contributed by atoms with Crippen LogP contribution in [0, 0.1) is 0 Å². The summed E-state index contributed by atoms with van der Waals surface area (Å²) in [5, 5.41) is 4.37. The van der Waals surface area contributed by atoms with Crippen molar-refractivity contribution < 1.29 is 4.74 Å². The maximum Gasteiger partial charge on any atom is 0.0725 e. The molecule has 3 rings (SSSR count). The average Bonchev–Trinajstić information content (AvgIpc) is 2.94. The van der Waals surface area contributed by atoms with Crippen LogP contribution in [-0.2, 0) is 24.4 Å². The molecule has 110 valence electrons. The SMILES string of the molecule is CCNC(Cc1cccc(Cl)c1)c1ccc2c(c1)COC2. The van der Waals surface area contributed by atoms with Crippen molar-refractivity contribution in [3.05, 3.63) is 69.7 Å². The summed E-state index contributed by atoms with van der Waals surface area (Å²) in [6.45, 7) is 4.56. The summed E-state index contributed by atoms with van der Waals surface area (Å²) in [5.41, 5.74) is 5.21. The second-order valence-corrected chi connectivity index (χ2v) is 5.90. The standard InChI is InChI=1S/C18H20ClNO/c1-2-20-18(9-13-4-3-5-17(19)8-13)14-6-7-15-11-21-12-16(15)10-14/h3-8,10,18,20H,2,9,11-12H2,1H3. The molecule has 2 aromatic rings. The molecule has 1 aliphatic heterocycles. The number of fused-ring (bicyclic) bond motifs is 1. The highest BCUT2D eigenvalue weighted by Crippen LogP contribution is 2.26. The second kappa shape index (κ2) is 6.61. The van der Waals surface area contributed by atoms with E-state index < -0.39 is 0 Å². The van der Waals surface area contributed by atoms with Gasteiger partial charge in [0, 0.05) is 11.1 Å². The fraction of sp³-hybridized carbons (Fsp3) is 0.333. The van der Waals surface area contributed by atoms with Crippen molar-refractivity contribution in [2.24, 2.45) is 0 Å². The van der Waals surface area contributed by atoms with Gasteiger partial charge in [0.1, 0.15) is 0 Å². The molecule has 3 heteroatoms. The van der Waals surface area contributed by atoms with Gasteiger partial charge in [0.2, 0.25) is 0 Å². The topological polar surface area (TPSA) is 21.3 Å². The molecule has 0 saturated heterocycles. The summed E-state index contributed by atoms with van der Waals surface area (Å²) in [6, 6.07) is 15.1. The smallest absolute Gasteiger partial charge is 0.0725 e. The zero-order chi connectivity index (χ0) is 14.7. The van der Waals surface area contributed by atoms with Gasteiger partial charge in [0.25, 0.3) is 0 Å². The Morgan fingerprint density at radius 2 is 2.00 bits per heavy atom. The third-order valence-electron chi connectivity index (χ3n) is 3.93. The van der Waals surface area contributed by atoms with Crippen molar-refractivity contribution in [2.45, 2.75) is 32.6 Å². The highest BCUT2D eigenvalue weighted by atomic mass is 35.5. The molecule has 0 saturated carbocycles. The lowest BCUT2D eigenvalue weighted by Crippen LogP contribution is -2.23. The number of benzene rings is 2. The number of ether oxygens (including phenoxy) is 1. The van der Waals surface area contributed by atoms with Crippen LogP contribution < -0.4 is 5.32 Å². The van der Waals surface area contributed by atoms with Gasteiger partial charge in [-0.15, -0.1) is 0 Å². The summed E-state index contributed by atoms with van der Waals surface area (Å²) in [7, 11) is 0. The minimum absolute atomic E-state index is 0.305. The third kappa shape index (κ3) is 3.46. The summed E-state index contributed by atoms with van der Waals surface area (Å²) in [4.78, 5) is 0. The van der Waals surface area contributed by atoms with E-state index in [0.29, 0.717) is 6.04 Å². The molecule has 1 heterocycles. The maximum absolute atomic E-state index is 6.09. The van der Waals surface area contributed by atoms with Crippen molar-refractivity contribution in [3.63, 3.8) is 0 Å². The monoisotopic (exact) mass is 301 g/mol. The molecule has 0 fully saturated rings. The van der Waals surface area contributed by atoms with Crippen LogP contribution in [0.2, 0.25) is 5.02 Å². The molecule has 21 heavy (non-hydrogen) atoms. The van der Waals surface area contributed by atoms with Crippen LogP contribution in [0.3, 0.4) is 0 Å². The Balaban J connectivity index is 1.84. The molecule has 0 aliphatic carbocycles. The Morgan fingerprint density at radius 1 is 1.14 bits per heavy atom. The van der Waals surface area contributed by atoms with Gasteiger partial charge in [0.15, 0.2) is 0 Å². The van der Waals surface area contributed by atoms with E-state index in [2.05, 4.69) is 36.5 Å². The Morgan fingerprint density at radius 3 is 2.81 bits per heavy atom. The van der Waals surface area contributed by atoms with E-state index in [1.165, 1.54) is 22.3 Å². The highest BCUT2D eigenvalue weighted by Gasteiger charge is 2.16. The third-order valence-corrected chi connectivity index (χ3v) is 4.16. The molecule has 0 aromatic heterocycles. The molecular formula is C18H20ClNO. The first-order valence-electron chi connectivity index (χ1n) is 7.43. The lowest BCUT2D eigenvalue weighted by molar-refractivity contribution is 0.134.